The van der Waals surface area contributed by atoms with Gasteiger partial charge in [0.2, 0.25) is 0 Å². The molecule has 0 fully saturated rings. The third-order valence-corrected chi connectivity index (χ3v) is 26.5. The van der Waals surface area contributed by atoms with E-state index >= 15 is 0 Å². The quantitative estimate of drug-likeness (QED) is 0.152. The van der Waals surface area contributed by atoms with Gasteiger partial charge in [0, 0.05) is 114 Å². The number of hydrogen-bond acceptors (Lipinski definition) is 10. The van der Waals surface area contributed by atoms with Crippen molar-refractivity contribution in [3.05, 3.63) is 411 Å². The summed E-state index contributed by atoms with van der Waals surface area (Å²) in [4.78, 5) is 30.6. The highest BCUT2D eigenvalue weighted by Crippen LogP contribution is 2.51. The van der Waals surface area contributed by atoms with E-state index in [4.69, 9.17) is 47.6 Å². The molecule has 0 N–H and O–H groups in total. The average molecular weight is 1640 g/mol. The van der Waals surface area contributed by atoms with Crippen molar-refractivity contribution in [1.29, 1.82) is 0 Å². The molecule has 0 saturated heterocycles. The van der Waals surface area contributed by atoms with Crippen LogP contribution in [0.1, 0.15) is 36.1 Å². The molecule has 0 amide bonds. The lowest BCUT2D eigenvalue weighted by Gasteiger charge is -2.21. The summed E-state index contributed by atoms with van der Waals surface area (Å²) in [5.74, 6) is 2.13. The van der Waals surface area contributed by atoms with Gasteiger partial charge in [-0.2, -0.15) is 0 Å². The van der Waals surface area contributed by atoms with E-state index in [9.17, 15) is 0 Å². The van der Waals surface area contributed by atoms with Gasteiger partial charge in [-0.15, -0.1) is 0 Å². The van der Waals surface area contributed by atoms with Crippen LogP contribution in [0.2, 0.25) is 0 Å². The van der Waals surface area contributed by atoms with E-state index in [1.807, 2.05) is 97.1 Å². The molecule has 7 aromatic heterocycles. The molecule has 2 aliphatic rings. The van der Waals surface area contributed by atoms with E-state index in [2.05, 4.69) is 305 Å². The molecule has 598 valence electrons. The van der Waals surface area contributed by atoms with E-state index in [1.54, 1.807) is 0 Å². The maximum absolute atomic E-state index is 6.31. The van der Waals surface area contributed by atoms with E-state index in [1.165, 1.54) is 55.6 Å². The first-order chi connectivity index (χ1) is 63.1. The minimum Gasteiger partial charge on any atom is -0.456 e. The topological polar surface area (TPSA) is 130 Å². The molecule has 2 aliphatic carbocycles. The maximum atomic E-state index is 6.31. The van der Waals surface area contributed by atoms with Crippen molar-refractivity contribution in [2.75, 3.05) is 0 Å². The molecule has 28 rings (SSSR count). The Morgan fingerprint density at radius 3 is 1.05 bits per heavy atom. The van der Waals surface area contributed by atoms with Gasteiger partial charge in [-0.1, -0.05) is 287 Å². The van der Waals surface area contributed by atoms with Crippen LogP contribution in [0.15, 0.2) is 406 Å². The predicted molar refractivity (Wildman–Crippen MR) is 524 cm³/mol. The Morgan fingerprint density at radius 1 is 0.203 bits per heavy atom. The van der Waals surface area contributed by atoms with Crippen LogP contribution < -0.4 is 0 Å². The summed E-state index contributed by atoms with van der Waals surface area (Å²) in [6, 6.07) is 136. The zero-order valence-corrected chi connectivity index (χ0v) is 69.5. The van der Waals surface area contributed by atoms with Crippen molar-refractivity contribution in [2.45, 2.75) is 25.7 Å². The van der Waals surface area contributed by atoms with Crippen LogP contribution in [0.5, 0.6) is 0 Å². The first-order valence-electron chi connectivity index (χ1n) is 43.5. The van der Waals surface area contributed by atoms with Gasteiger partial charge in [0.1, 0.15) is 44.7 Å². The molecule has 7 heterocycles. The second-order valence-corrected chi connectivity index (χ2v) is 34.2. The zero-order valence-electron chi connectivity index (χ0n) is 69.5. The molecule has 26 aromatic rings. The molecule has 10 nitrogen and oxygen atoms in total. The van der Waals surface area contributed by atoms with Crippen LogP contribution in [0.3, 0.4) is 0 Å². The minimum atomic E-state index is -0.0814. The summed E-state index contributed by atoms with van der Waals surface area (Å²) in [6.45, 7) is 4.62. The highest BCUT2D eigenvalue weighted by Gasteiger charge is 2.36. The normalized spacial score (nSPS) is 12.6. The van der Waals surface area contributed by atoms with Crippen molar-refractivity contribution in [1.82, 2.24) is 29.9 Å². The Kier molecular flexibility index (Phi) is 16.3. The Balaban J connectivity index is 0.000000102. The molecule has 128 heavy (non-hydrogen) atoms. The van der Waals surface area contributed by atoms with Gasteiger partial charge in [0.15, 0.2) is 17.5 Å². The monoisotopic (exact) mass is 1640 g/mol. The second kappa shape index (κ2) is 28.6. The fourth-order valence-electron chi connectivity index (χ4n) is 20.1. The number of nitrogens with zero attached hydrogens (tertiary/aromatic N) is 6. The SMILES string of the molecule is CC1(C)c2ccccc2-c2ccc(-c3nc(-c4ccc5c(ccc6c7ccccc7oc56)c4)c4ccccc4n3)cc21.c1ccc2c(-c3ccc4c(ccc5c6ccccc6oc45)c3)nc(-c3ccc4c(c3)oc3ccccc34)nc2c1.c1ccc2c(c1)Cc1cc(-c3ccc(-c4nc(-c5ccc6c(ccc7c8ccccc8oc67)c5)c5ccccc5n4)cc3)ccc1-2. The number of rotatable bonds is 7. The molecule has 0 atom stereocenters. The maximum Gasteiger partial charge on any atom is 0.160 e. The van der Waals surface area contributed by atoms with Crippen LogP contribution in [-0.2, 0) is 11.8 Å². The van der Waals surface area contributed by atoms with Crippen LogP contribution >= 0.6 is 0 Å². The number of aromatic nitrogens is 6. The van der Waals surface area contributed by atoms with Crippen molar-refractivity contribution in [3.8, 4) is 101 Å². The van der Waals surface area contributed by atoms with Crippen molar-refractivity contribution >= 4 is 153 Å². The molecular weight excluding hydrogens is 1570 g/mol. The van der Waals surface area contributed by atoms with Crippen molar-refractivity contribution in [3.63, 3.8) is 0 Å². The fraction of sp³-hybridized carbons (Fsp3) is 0.0339. The first-order valence-corrected chi connectivity index (χ1v) is 43.5. The van der Waals surface area contributed by atoms with Crippen LogP contribution in [-0.4, -0.2) is 29.9 Å². The van der Waals surface area contributed by atoms with Crippen molar-refractivity contribution in [2.24, 2.45) is 0 Å². The molecule has 0 unspecified atom stereocenters. The van der Waals surface area contributed by atoms with Gasteiger partial charge in [0.25, 0.3) is 0 Å². The van der Waals surface area contributed by atoms with Crippen LogP contribution in [0, 0.1) is 0 Å². The lowest BCUT2D eigenvalue weighted by atomic mass is 9.82. The molecular formula is C118H72N6O4. The Morgan fingerprint density at radius 2 is 0.539 bits per heavy atom. The summed E-state index contributed by atoms with van der Waals surface area (Å²) in [5.41, 5.74) is 32.0. The molecule has 0 saturated carbocycles. The fourth-order valence-corrected chi connectivity index (χ4v) is 20.1. The van der Waals surface area contributed by atoms with E-state index in [0.29, 0.717) is 5.82 Å². The van der Waals surface area contributed by atoms with Gasteiger partial charge in [-0.3, -0.25) is 0 Å². The number of hydrogen-bond donors (Lipinski definition) is 0. The standard InChI is InChI=1S/C43H26N2O.C39H26N2O.C36H20N2O2/c1-2-8-33-29(7-1)25-32-23-28(17-20-34(32)33)26-13-15-27(16-14-26)43-44-39-11-5-3-10-38(39)41(45-43)31-19-21-35-30(24-31)18-22-37-36-9-4-6-12-40(36)46-42(35)37;1-39(2)32-12-6-3-9-27(32)28-19-17-25(22-33(28)39)38-40-34-13-7-4-11-31(34)36(41-38)24-16-18-26-23(21-24)15-20-30-29-10-5-8-14-35(29)42-37(26)30;1-4-10-30-29(9-1)34(38-36(37-30)23-15-17-27-25-7-2-5-11-31(25)39-33(27)20-23)22-14-16-24-21(19-22)13-18-28-26-8-3-6-12-32(26)40-35(24)28/h1-24H,25H2;3-22H,1-2H3;1-20H. The van der Waals surface area contributed by atoms with E-state index < -0.39 is 0 Å². The third-order valence-electron chi connectivity index (χ3n) is 26.5. The van der Waals surface area contributed by atoms with Gasteiger partial charge in [-0.25, -0.2) is 29.9 Å². The molecule has 0 spiro atoms. The van der Waals surface area contributed by atoms with Crippen molar-refractivity contribution < 1.29 is 17.7 Å². The summed E-state index contributed by atoms with van der Waals surface area (Å²) in [5, 5.41) is 18.8. The average Bonchev–Trinajstić information content (AvgIpc) is 1.75. The number of para-hydroxylation sites is 7. The third kappa shape index (κ3) is 11.8. The molecule has 0 aliphatic heterocycles. The van der Waals surface area contributed by atoms with Gasteiger partial charge < -0.3 is 17.7 Å². The predicted octanol–water partition coefficient (Wildman–Crippen LogP) is 31.5. The Hall–Kier alpha value is -16.8. The highest BCUT2D eigenvalue weighted by atomic mass is 16.3. The lowest BCUT2D eigenvalue weighted by Crippen LogP contribution is -2.15. The van der Waals surface area contributed by atoms with Gasteiger partial charge in [-0.05, 0) is 193 Å². The van der Waals surface area contributed by atoms with Crippen LogP contribution in [0.4, 0.5) is 0 Å². The van der Waals surface area contributed by atoms with Crippen LogP contribution in [0.25, 0.3) is 254 Å². The smallest absolute Gasteiger partial charge is 0.160 e. The molecule has 10 heteroatoms. The highest BCUT2D eigenvalue weighted by molar-refractivity contribution is 6.19. The van der Waals surface area contributed by atoms with E-state index in [-0.39, 0.29) is 5.41 Å². The molecule has 0 bridgehead atoms. The summed E-state index contributed by atoms with van der Waals surface area (Å²) < 4.78 is 25.1. The first kappa shape index (κ1) is 72.8. The largest absolute Gasteiger partial charge is 0.456 e. The lowest BCUT2D eigenvalue weighted by molar-refractivity contribution is 0.660. The molecule has 0 radical (unpaired) electrons. The Bertz CT molecular complexity index is 9190. The van der Waals surface area contributed by atoms with Gasteiger partial charge in [0.05, 0.1) is 33.6 Å². The second-order valence-electron chi connectivity index (χ2n) is 34.2. The number of benzene rings is 19. The Labute approximate surface area is 733 Å². The summed E-state index contributed by atoms with van der Waals surface area (Å²) in [6.07, 6.45) is 0.989. The number of furan rings is 4. The molecule has 19 aromatic carbocycles. The van der Waals surface area contributed by atoms with E-state index in [0.717, 1.165) is 221 Å². The van der Waals surface area contributed by atoms with Gasteiger partial charge >= 0.3 is 0 Å². The number of fused-ring (bicyclic) bond motifs is 27. The summed E-state index contributed by atoms with van der Waals surface area (Å²) >= 11 is 0. The minimum absolute atomic E-state index is 0.0814. The zero-order chi connectivity index (χ0) is 84.4. The summed E-state index contributed by atoms with van der Waals surface area (Å²) in [7, 11) is 0.